The van der Waals surface area contributed by atoms with Gasteiger partial charge in [0.25, 0.3) is 0 Å². The van der Waals surface area contributed by atoms with E-state index in [2.05, 4.69) is 27.7 Å². The normalized spacial score (nSPS) is 11.8. The molecule has 0 spiro atoms. The maximum Gasteiger partial charge on any atom is 0.323 e. The average Bonchev–Trinajstić information content (AvgIpc) is 2.47. The fourth-order valence-corrected chi connectivity index (χ4v) is 2.40. The van der Waals surface area contributed by atoms with E-state index in [1.807, 2.05) is 6.92 Å². The van der Waals surface area contributed by atoms with Gasteiger partial charge in [0, 0.05) is 0 Å². The number of unbranched alkanes of at least 4 members (excludes halogenated alkanes) is 1. The van der Waals surface area contributed by atoms with Crippen molar-refractivity contribution >= 4 is 11.9 Å². The number of carbonyl (C=O) groups is 2. The van der Waals surface area contributed by atoms with Gasteiger partial charge in [-0.25, -0.2) is 0 Å². The largest absolute Gasteiger partial charge is 0.465 e. The van der Waals surface area contributed by atoms with Crippen molar-refractivity contribution in [2.45, 2.75) is 80.1 Å². The summed E-state index contributed by atoms with van der Waals surface area (Å²) in [5.74, 6) is 0.0334. The Morgan fingerprint density at radius 1 is 0.870 bits per heavy atom. The molecule has 0 bridgehead atoms. The second kappa shape index (κ2) is 11.5. The number of rotatable bonds is 12. The molecule has 0 saturated heterocycles. The predicted molar refractivity (Wildman–Crippen MR) is 93.1 cm³/mol. The van der Waals surface area contributed by atoms with Crippen molar-refractivity contribution in [2.24, 2.45) is 17.3 Å². The molecule has 4 heteroatoms. The van der Waals surface area contributed by atoms with Crippen LogP contribution in [0.5, 0.6) is 0 Å². The van der Waals surface area contributed by atoms with Gasteiger partial charge in [-0.3, -0.25) is 9.59 Å². The summed E-state index contributed by atoms with van der Waals surface area (Å²) >= 11 is 0. The van der Waals surface area contributed by atoms with Crippen LogP contribution in [-0.2, 0) is 19.1 Å². The predicted octanol–water partition coefficient (Wildman–Crippen LogP) is 4.75. The first-order valence-electron chi connectivity index (χ1n) is 9.14. The zero-order valence-corrected chi connectivity index (χ0v) is 15.9. The molecule has 0 aliphatic rings. The molecular formula is C19H36O4. The van der Waals surface area contributed by atoms with E-state index in [1.54, 1.807) is 6.92 Å². The molecule has 0 atom stereocenters. The molecule has 0 radical (unpaired) electrons. The Bertz CT molecular complexity index is 335. The molecule has 0 aromatic carbocycles. The van der Waals surface area contributed by atoms with Gasteiger partial charge >= 0.3 is 11.9 Å². The van der Waals surface area contributed by atoms with E-state index in [1.165, 1.54) is 0 Å². The van der Waals surface area contributed by atoms with Crippen LogP contribution < -0.4 is 0 Å². The summed E-state index contributed by atoms with van der Waals surface area (Å²) in [6, 6.07) is 0. The lowest BCUT2D eigenvalue weighted by atomic mass is 9.76. The molecule has 0 N–H and O–H groups in total. The first kappa shape index (κ1) is 21.9. The van der Waals surface area contributed by atoms with E-state index in [4.69, 9.17) is 9.47 Å². The van der Waals surface area contributed by atoms with Crippen LogP contribution in [0.3, 0.4) is 0 Å². The van der Waals surface area contributed by atoms with E-state index in [-0.39, 0.29) is 6.61 Å². The van der Waals surface area contributed by atoms with Crippen molar-refractivity contribution in [3.8, 4) is 0 Å². The molecule has 0 aromatic rings. The smallest absolute Gasteiger partial charge is 0.323 e. The number of hydrogen-bond donors (Lipinski definition) is 0. The van der Waals surface area contributed by atoms with Gasteiger partial charge in [-0.2, -0.15) is 0 Å². The van der Waals surface area contributed by atoms with Crippen LogP contribution in [0.1, 0.15) is 80.1 Å². The molecule has 0 aromatic heterocycles. The topological polar surface area (TPSA) is 52.6 Å². The Morgan fingerprint density at radius 2 is 1.35 bits per heavy atom. The minimum Gasteiger partial charge on any atom is -0.465 e. The van der Waals surface area contributed by atoms with Crippen LogP contribution in [0.25, 0.3) is 0 Å². The van der Waals surface area contributed by atoms with E-state index >= 15 is 0 Å². The molecular weight excluding hydrogens is 292 g/mol. The molecule has 136 valence electrons. The van der Waals surface area contributed by atoms with Crippen LogP contribution in [0.15, 0.2) is 0 Å². The lowest BCUT2D eigenvalue weighted by molar-refractivity contribution is -0.174. The summed E-state index contributed by atoms with van der Waals surface area (Å²) in [7, 11) is 0. The summed E-state index contributed by atoms with van der Waals surface area (Å²) in [4.78, 5) is 25.4. The standard InChI is InChI=1S/C19H36O4/c1-7-9-14-23-18(21)19(12-10-15(3)4,13-11-16(5)6)17(20)22-8-2/h15-16H,7-14H2,1-6H3. The van der Waals surface area contributed by atoms with Crippen LogP contribution >= 0.6 is 0 Å². The van der Waals surface area contributed by atoms with Crippen molar-refractivity contribution in [1.82, 2.24) is 0 Å². The highest BCUT2D eigenvalue weighted by molar-refractivity contribution is 6.00. The Morgan fingerprint density at radius 3 is 1.74 bits per heavy atom. The summed E-state index contributed by atoms with van der Waals surface area (Å²) in [5, 5.41) is 0. The van der Waals surface area contributed by atoms with Gasteiger partial charge in [-0.15, -0.1) is 0 Å². The zero-order chi connectivity index (χ0) is 17.9. The van der Waals surface area contributed by atoms with E-state index < -0.39 is 17.4 Å². The van der Waals surface area contributed by atoms with E-state index in [9.17, 15) is 9.59 Å². The SMILES string of the molecule is CCCCOC(=O)C(CCC(C)C)(CCC(C)C)C(=O)OCC. The Hall–Kier alpha value is -1.06. The second-order valence-electron chi connectivity index (χ2n) is 7.16. The van der Waals surface area contributed by atoms with Crippen molar-refractivity contribution in [3.05, 3.63) is 0 Å². The fourth-order valence-electron chi connectivity index (χ4n) is 2.40. The molecule has 4 nitrogen and oxygen atoms in total. The third-order valence-electron chi connectivity index (χ3n) is 4.08. The lowest BCUT2D eigenvalue weighted by Crippen LogP contribution is -2.43. The number of esters is 2. The van der Waals surface area contributed by atoms with Gasteiger partial charge in [-0.1, -0.05) is 41.0 Å². The van der Waals surface area contributed by atoms with Crippen molar-refractivity contribution < 1.29 is 19.1 Å². The Balaban J connectivity index is 5.32. The molecule has 0 unspecified atom stereocenters. The molecule has 0 saturated carbocycles. The highest BCUT2D eigenvalue weighted by atomic mass is 16.6. The van der Waals surface area contributed by atoms with Crippen molar-refractivity contribution in [2.75, 3.05) is 13.2 Å². The van der Waals surface area contributed by atoms with Gasteiger partial charge in [0.1, 0.15) is 0 Å². The maximum atomic E-state index is 12.8. The summed E-state index contributed by atoms with van der Waals surface area (Å²) in [6.07, 6.45) is 4.39. The highest BCUT2D eigenvalue weighted by Gasteiger charge is 2.48. The fraction of sp³-hybridized carbons (Fsp3) is 0.895. The van der Waals surface area contributed by atoms with Gasteiger partial charge < -0.3 is 9.47 Å². The zero-order valence-electron chi connectivity index (χ0n) is 15.9. The Kier molecular flexibility index (Phi) is 10.9. The highest BCUT2D eigenvalue weighted by Crippen LogP contribution is 2.36. The molecule has 0 aliphatic heterocycles. The van der Waals surface area contributed by atoms with Crippen LogP contribution in [0.4, 0.5) is 0 Å². The molecule has 0 heterocycles. The molecule has 0 rings (SSSR count). The van der Waals surface area contributed by atoms with Gasteiger partial charge in [-0.05, 0) is 50.9 Å². The maximum absolute atomic E-state index is 12.8. The quantitative estimate of drug-likeness (QED) is 0.295. The lowest BCUT2D eigenvalue weighted by Gasteiger charge is -2.30. The first-order chi connectivity index (χ1) is 10.8. The van der Waals surface area contributed by atoms with E-state index in [0.717, 1.165) is 25.7 Å². The van der Waals surface area contributed by atoms with Crippen LogP contribution in [-0.4, -0.2) is 25.2 Å². The van der Waals surface area contributed by atoms with Gasteiger partial charge in [0.15, 0.2) is 5.41 Å². The van der Waals surface area contributed by atoms with Crippen molar-refractivity contribution in [1.29, 1.82) is 0 Å². The average molecular weight is 328 g/mol. The molecule has 0 amide bonds. The van der Waals surface area contributed by atoms with Crippen molar-refractivity contribution in [3.63, 3.8) is 0 Å². The first-order valence-corrected chi connectivity index (χ1v) is 9.14. The monoisotopic (exact) mass is 328 g/mol. The Labute approximate surface area is 142 Å². The second-order valence-corrected chi connectivity index (χ2v) is 7.16. The number of hydrogen-bond acceptors (Lipinski definition) is 4. The minimum absolute atomic E-state index is 0.284. The summed E-state index contributed by atoms with van der Waals surface area (Å²) < 4.78 is 10.7. The summed E-state index contributed by atoms with van der Waals surface area (Å²) in [6.45, 7) is 12.9. The third kappa shape index (κ3) is 7.85. The molecule has 23 heavy (non-hydrogen) atoms. The minimum atomic E-state index is -1.14. The van der Waals surface area contributed by atoms with Gasteiger partial charge in [0.05, 0.1) is 13.2 Å². The third-order valence-corrected chi connectivity index (χ3v) is 4.08. The number of ether oxygens (including phenoxy) is 2. The van der Waals surface area contributed by atoms with Gasteiger partial charge in [0.2, 0.25) is 0 Å². The van der Waals surface area contributed by atoms with E-state index in [0.29, 0.717) is 31.3 Å². The van der Waals surface area contributed by atoms with Crippen LogP contribution in [0, 0.1) is 17.3 Å². The summed E-state index contributed by atoms with van der Waals surface area (Å²) in [5.41, 5.74) is -1.14. The number of carbonyl (C=O) groups excluding carboxylic acids is 2. The molecule has 0 fully saturated rings. The van der Waals surface area contributed by atoms with Crippen LogP contribution in [0.2, 0.25) is 0 Å². The molecule has 0 aliphatic carbocycles.